The predicted molar refractivity (Wildman–Crippen MR) is 85.6 cm³/mol. The van der Waals surface area contributed by atoms with Gasteiger partial charge in [-0.25, -0.2) is 4.98 Å². The zero-order valence-electron chi connectivity index (χ0n) is 11.9. The summed E-state index contributed by atoms with van der Waals surface area (Å²) in [6.45, 7) is 2.24. The van der Waals surface area contributed by atoms with Gasteiger partial charge in [-0.15, -0.1) is 11.8 Å². The topological polar surface area (TPSA) is 39.2 Å². The molecule has 110 valence electrons. The smallest absolute Gasteiger partial charge is 0.309 e. The highest BCUT2D eigenvalue weighted by Gasteiger charge is 2.40. The summed E-state index contributed by atoms with van der Waals surface area (Å²) in [6.07, 6.45) is 2.95. The molecule has 21 heavy (non-hydrogen) atoms. The molecule has 0 saturated heterocycles. The number of carbonyl (C=O) groups excluding carboxylic acids is 1. The van der Waals surface area contributed by atoms with E-state index in [0.717, 1.165) is 27.8 Å². The molecule has 3 rings (SSSR count). The number of pyridine rings is 1. The lowest BCUT2D eigenvalue weighted by molar-refractivity contribution is -0.146. The zero-order chi connectivity index (χ0) is 15.0. The van der Waals surface area contributed by atoms with Crippen molar-refractivity contribution in [3.8, 4) is 0 Å². The van der Waals surface area contributed by atoms with Crippen LogP contribution >= 0.6 is 23.4 Å². The zero-order valence-corrected chi connectivity index (χ0v) is 13.5. The maximum Gasteiger partial charge on any atom is 0.309 e. The number of ether oxygens (including phenoxy) is 1. The van der Waals surface area contributed by atoms with Gasteiger partial charge >= 0.3 is 5.97 Å². The van der Waals surface area contributed by atoms with Crippen LogP contribution in [0.25, 0.3) is 10.9 Å². The SMILES string of the molecule is CSc1ccc2cc(COC(=O)[C@H]3C[C@H]3C)c(Cl)nc2c1. The second-order valence-corrected chi connectivity index (χ2v) is 6.66. The lowest BCUT2D eigenvalue weighted by Crippen LogP contribution is -2.08. The van der Waals surface area contributed by atoms with Gasteiger partial charge in [0.2, 0.25) is 0 Å². The molecule has 1 heterocycles. The van der Waals surface area contributed by atoms with Gasteiger partial charge in [-0.2, -0.15) is 0 Å². The molecular formula is C16H16ClNO2S. The van der Waals surface area contributed by atoms with Gasteiger partial charge < -0.3 is 4.74 Å². The van der Waals surface area contributed by atoms with Crippen LogP contribution in [0.15, 0.2) is 29.2 Å². The number of thioether (sulfide) groups is 1. The largest absolute Gasteiger partial charge is 0.460 e. The summed E-state index contributed by atoms with van der Waals surface area (Å²) in [5.41, 5.74) is 1.61. The summed E-state index contributed by atoms with van der Waals surface area (Å²) in [7, 11) is 0. The summed E-state index contributed by atoms with van der Waals surface area (Å²) < 4.78 is 5.33. The molecule has 0 unspecified atom stereocenters. The Labute approximate surface area is 133 Å². The molecule has 0 radical (unpaired) electrons. The van der Waals surface area contributed by atoms with E-state index in [1.807, 2.05) is 30.5 Å². The summed E-state index contributed by atoms with van der Waals surface area (Å²) in [4.78, 5) is 17.3. The number of halogens is 1. The molecule has 1 fully saturated rings. The van der Waals surface area contributed by atoms with E-state index < -0.39 is 0 Å². The average molecular weight is 322 g/mol. The van der Waals surface area contributed by atoms with Crippen molar-refractivity contribution in [3.05, 3.63) is 35.0 Å². The Morgan fingerprint density at radius 2 is 2.24 bits per heavy atom. The van der Waals surface area contributed by atoms with Crippen LogP contribution in [0.3, 0.4) is 0 Å². The maximum atomic E-state index is 11.8. The molecule has 1 aromatic carbocycles. The molecule has 0 bridgehead atoms. The molecule has 0 N–H and O–H groups in total. The van der Waals surface area contributed by atoms with Crippen molar-refractivity contribution < 1.29 is 9.53 Å². The monoisotopic (exact) mass is 321 g/mol. The van der Waals surface area contributed by atoms with Crippen molar-refractivity contribution >= 4 is 40.2 Å². The summed E-state index contributed by atoms with van der Waals surface area (Å²) in [6, 6.07) is 8.01. The molecule has 1 aliphatic rings. The van der Waals surface area contributed by atoms with Gasteiger partial charge in [0.25, 0.3) is 0 Å². The number of hydrogen-bond donors (Lipinski definition) is 0. The Morgan fingerprint density at radius 1 is 1.48 bits per heavy atom. The Bertz CT molecular complexity index is 704. The number of hydrogen-bond acceptors (Lipinski definition) is 4. The summed E-state index contributed by atoms with van der Waals surface area (Å²) >= 11 is 7.86. The van der Waals surface area contributed by atoms with Crippen LogP contribution in [-0.2, 0) is 16.1 Å². The van der Waals surface area contributed by atoms with E-state index >= 15 is 0 Å². The molecule has 0 amide bonds. The van der Waals surface area contributed by atoms with Gasteiger partial charge in [-0.1, -0.05) is 24.6 Å². The second-order valence-electron chi connectivity index (χ2n) is 5.42. The average Bonchev–Trinajstić information content (AvgIpc) is 3.21. The number of carbonyl (C=O) groups is 1. The lowest BCUT2D eigenvalue weighted by Gasteiger charge is -2.08. The molecule has 1 saturated carbocycles. The third-order valence-corrected chi connectivity index (χ3v) is 4.89. The fourth-order valence-corrected chi connectivity index (χ4v) is 2.94. The van der Waals surface area contributed by atoms with Gasteiger partial charge in [-0.05, 0) is 36.8 Å². The van der Waals surface area contributed by atoms with E-state index in [-0.39, 0.29) is 18.5 Å². The van der Waals surface area contributed by atoms with Crippen molar-refractivity contribution in [1.82, 2.24) is 4.98 Å². The first-order valence-corrected chi connectivity index (χ1v) is 8.48. The van der Waals surface area contributed by atoms with Gasteiger partial charge in [0, 0.05) is 15.8 Å². The van der Waals surface area contributed by atoms with E-state index in [1.165, 1.54) is 0 Å². The quantitative estimate of drug-likeness (QED) is 0.478. The summed E-state index contributed by atoms with van der Waals surface area (Å²) in [5.74, 6) is 0.394. The van der Waals surface area contributed by atoms with Crippen molar-refractivity contribution in [3.63, 3.8) is 0 Å². The minimum absolute atomic E-state index is 0.0707. The highest BCUT2D eigenvalue weighted by Crippen LogP contribution is 2.38. The normalized spacial score (nSPS) is 20.5. The number of esters is 1. The number of aromatic nitrogens is 1. The van der Waals surface area contributed by atoms with E-state index in [1.54, 1.807) is 11.8 Å². The van der Waals surface area contributed by atoms with E-state index in [2.05, 4.69) is 11.9 Å². The Balaban J connectivity index is 1.79. The molecule has 0 aliphatic heterocycles. The van der Waals surface area contributed by atoms with Gasteiger partial charge in [0.1, 0.15) is 11.8 Å². The van der Waals surface area contributed by atoms with Gasteiger partial charge in [-0.3, -0.25) is 4.79 Å². The highest BCUT2D eigenvalue weighted by molar-refractivity contribution is 7.98. The maximum absolute atomic E-state index is 11.8. The number of nitrogens with zero attached hydrogens (tertiary/aromatic N) is 1. The third kappa shape index (κ3) is 3.16. The van der Waals surface area contributed by atoms with Crippen LogP contribution in [-0.4, -0.2) is 17.2 Å². The first-order valence-electron chi connectivity index (χ1n) is 6.88. The lowest BCUT2D eigenvalue weighted by atomic mass is 10.1. The van der Waals surface area contributed by atoms with Gasteiger partial charge in [0.15, 0.2) is 0 Å². The molecule has 3 nitrogen and oxygen atoms in total. The van der Waals surface area contributed by atoms with Gasteiger partial charge in [0.05, 0.1) is 11.4 Å². The molecule has 1 aromatic heterocycles. The van der Waals surface area contributed by atoms with Crippen LogP contribution in [0, 0.1) is 11.8 Å². The minimum atomic E-state index is -0.128. The van der Waals surface area contributed by atoms with Crippen molar-refractivity contribution in [1.29, 1.82) is 0 Å². The van der Waals surface area contributed by atoms with E-state index in [0.29, 0.717) is 11.1 Å². The first-order chi connectivity index (χ1) is 10.1. The van der Waals surface area contributed by atoms with Crippen LogP contribution in [0.5, 0.6) is 0 Å². The van der Waals surface area contributed by atoms with E-state index in [4.69, 9.17) is 16.3 Å². The fraction of sp³-hybridized carbons (Fsp3) is 0.375. The van der Waals surface area contributed by atoms with Crippen molar-refractivity contribution in [2.45, 2.75) is 24.8 Å². The molecule has 2 atom stereocenters. The fourth-order valence-electron chi connectivity index (χ4n) is 2.30. The van der Waals surface area contributed by atoms with Crippen molar-refractivity contribution in [2.24, 2.45) is 11.8 Å². The standard InChI is InChI=1S/C16H16ClNO2S/c1-9-5-13(9)16(19)20-8-11-6-10-3-4-12(21-2)7-14(10)18-15(11)17/h3-4,6-7,9,13H,5,8H2,1-2H3/t9-,13+/m1/s1. The number of fused-ring (bicyclic) bond motifs is 1. The molecule has 1 aliphatic carbocycles. The number of benzene rings is 1. The second kappa shape index (κ2) is 5.85. The molecule has 0 spiro atoms. The summed E-state index contributed by atoms with van der Waals surface area (Å²) in [5, 5.41) is 1.40. The first kappa shape index (κ1) is 14.7. The van der Waals surface area contributed by atoms with Crippen LogP contribution in [0.2, 0.25) is 5.15 Å². The number of rotatable bonds is 4. The Morgan fingerprint density at radius 3 is 2.90 bits per heavy atom. The van der Waals surface area contributed by atoms with Crippen LogP contribution in [0.4, 0.5) is 0 Å². The van der Waals surface area contributed by atoms with Crippen LogP contribution in [0.1, 0.15) is 18.9 Å². The minimum Gasteiger partial charge on any atom is -0.460 e. The highest BCUT2D eigenvalue weighted by atomic mass is 35.5. The van der Waals surface area contributed by atoms with E-state index in [9.17, 15) is 4.79 Å². The molecular weight excluding hydrogens is 306 g/mol. The van der Waals surface area contributed by atoms with Crippen LogP contribution < -0.4 is 0 Å². The Kier molecular flexibility index (Phi) is 4.09. The van der Waals surface area contributed by atoms with Crippen molar-refractivity contribution in [2.75, 3.05) is 6.26 Å². The third-order valence-electron chi connectivity index (χ3n) is 3.83. The Hall–Kier alpha value is -1.26. The predicted octanol–water partition coefficient (Wildman–Crippen LogP) is 4.31. The molecule has 5 heteroatoms. The molecule has 2 aromatic rings.